The topological polar surface area (TPSA) is 96.2 Å². The number of likely N-dealkylation sites (N-methyl/N-ethyl adjacent to an activating group) is 1. The fraction of sp³-hybridized carbons (Fsp3) is 0.500. The lowest BCUT2D eigenvalue weighted by molar-refractivity contribution is -0.116. The zero-order chi connectivity index (χ0) is 19.7. The molecule has 1 N–H and O–H groups in total. The van der Waals surface area contributed by atoms with Gasteiger partial charge in [0, 0.05) is 56.2 Å². The molecule has 2 aliphatic heterocycles. The monoisotopic (exact) mass is 401 g/mol. The van der Waals surface area contributed by atoms with Gasteiger partial charge in [0.1, 0.15) is 18.0 Å². The fourth-order valence-corrected chi connectivity index (χ4v) is 4.64. The summed E-state index contributed by atoms with van der Waals surface area (Å²) in [6.45, 7) is 5.55. The van der Waals surface area contributed by atoms with Crippen LogP contribution in [0, 0.1) is 6.92 Å². The number of anilines is 2. The summed E-state index contributed by atoms with van der Waals surface area (Å²) < 4.78 is 1.62. The van der Waals surface area contributed by atoms with Crippen LogP contribution in [0.1, 0.15) is 18.2 Å². The second-order valence-corrected chi connectivity index (χ2v) is 8.14. The number of carbonyl (C=O) groups excluding carboxylic acids is 1. The zero-order valence-electron chi connectivity index (χ0n) is 16.0. The molecule has 1 amide bonds. The van der Waals surface area contributed by atoms with Crippen LogP contribution in [0.5, 0.6) is 0 Å². The van der Waals surface area contributed by atoms with Crippen LogP contribution < -0.4 is 15.8 Å². The molecule has 0 aliphatic carbocycles. The highest BCUT2D eigenvalue weighted by molar-refractivity contribution is 7.99. The lowest BCUT2D eigenvalue weighted by atomic mass is 10.2. The standard InChI is InChI=1S/C18H23N7O2S/c1-12-7-17(27)25-13(10-28-18(25)21-12)8-16(26)22-14-9-15(20-11-19-14)24-5-3-23(2)4-6-24/h7,9,11,13H,3-6,8,10H2,1-2H3,(H,19,20,22,26). The lowest BCUT2D eigenvalue weighted by Crippen LogP contribution is -2.44. The highest BCUT2D eigenvalue weighted by Gasteiger charge is 2.27. The molecule has 0 radical (unpaired) electrons. The SMILES string of the molecule is Cc1cc(=O)n2c(n1)SCC2CC(=O)Nc1cc(N2CCN(C)CC2)ncn1. The molecule has 2 aromatic heterocycles. The summed E-state index contributed by atoms with van der Waals surface area (Å²) in [5.74, 6) is 1.79. The number of nitrogens with one attached hydrogen (secondary N) is 1. The number of nitrogens with zero attached hydrogens (tertiary/aromatic N) is 6. The summed E-state index contributed by atoms with van der Waals surface area (Å²) >= 11 is 1.51. The maximum Gasteiger partial charge on any atom is 0.254 e. The van der Waals surface area contributed by atoms with E-state index in [1.54, 1.807) is 17.6 Å². The first-order chi connectivity index (χ1) is 13.5. The summed E-state index contributed by atoms with van der Waals surface area (Å²) in [6, 6.07) is 3.12. The van der Waals surface area contributed by atoms with Crippen LogP contribution >= 0.6 is 11.8 Å². The van der Waals surface area contributed by atoms with Crippen molar-refractivity contribution in [2.24, 2.45) is 0 Å². The van der Waals surface area contributed by atoms with Gasteiger partial charge < -0.3 is 15.1 Å². The van der Waals surface area contributed by atoms with E-state index in [-0.39, 0.29) is 23.9 Å². The Kier molecular flexibility index (Phi) is 5.31. The Morgan fingerprint density at radius 1 is 1.25 bits per heavy atom. The Hall–Kier alpha value is -2.46. The number of fused-ring (bicyclic) bond motifs is 1. The molecule has 28 heavy (non-hydrogen) atoms. The van der Waals surface area contributed by atoms with Gasteiger partial charge in [-0.3, -0.25) is 14.2 Å². The summed E-state index contributed by atoms with van der Waals surface area (Å²) in [5, 5.41) is 3.53. The molecule has 10 heteroatoms. The number of thioether (sulfide) groups is 1. The smallest absolute Gasteiger partial charge is 0.254 e. The van der Waals surface area contributed by atoms with Gasteiger partial charge in [-0.15, -0.1) is 0 Å². The Labute approximate surface area is 167 Å². The average Bonchev–Trinajstić information content (AvgIpc) is 3.05. The van der Waals surface area contributed by atoms with Gasteiger partial charge in [-0.2, -0.15) is 0 Å². The van der Waals surface area contributed by atoms with E-state index in [1.165, 1.54) is 24.2 Å². The molecule has 4 heterocycles. The molecule has 1 atom stereocenters. The third-order valence-electron chi connectivity index (χ3n) is 4.99. The van der Waals surface area contributed by atoms with Crippen LogP contribution in [0.3, 0.4) is 0 Å². The molecule has 1 fully saturated rings. The molecule has 2 aromatic rings. The van der Waals surface area contributed by atoms with E-state index in [2.05, 4.69) is 37.1 Å². The number of aryl methyl sites for hydroxylation is 1. The Morgan fingerprint density at radius 2 is 2.04 bits per heavy atom. The van der Waals surface area contributed by atoms with Gasteiger partial charge in [0.2, 0.25) is 5.91 Å². The Morgan fingerprint density at radius 3 is 2.82 bits per heavy atom. The van der Waals surface area contributed by atoms with Crippen LogP contribution in [0.4, 0.5) is 11.6 Å². The molecular weight excluding hydrogens is 378 g/mol. The molecule has 0 bridgehead atoms. The van der Waals surface area contributed by atoms with Gasteiger partial charge in [-0.25, -0.2) is 15.0 Å². The van der Waals surface area contributed by atoms with Crippen molar-refractivity contribution in [1.82, 2.24) is 24.4 Å². The third kappa shape index (κ3) is 4.02. The summed E-state index contributed by atoms with van der Waals surface area (Å²) in [4.78, 5) is 42.2. The van der Waals surface area contributed by atoms with Gasteiger partial charge >= 0.3 is 0 Å². The van der Waals surface area contributed by atoms with E-state index in [1.807, 2.05) is 0 Å². The number of carbonyl (C=O) groups is 1. The van der Waals surface area contributed by atoms with Crippen molar-refractivity contribution in [1.29, 1.82) is 0 Å². The van der Waals surface area contributed by atoms with Gasteiger partial charge in [-0.05, 0) is 14.0 Å². The second kappa shape index (κ2) is 7.88. The van der Waals surface area contributed by atoms with Crippen molar-refractivity contribution in [2.45, 2.75) is 24.5 Å². The van der Waals surface area contributed by atoms with Crippen molar-refractivity contribution in [2.75, 3.05) is 49.2 Å². The van der Waals surface area contributed by atoms with Crippen LogP contribution in [0.15, 0.2) is 28.4 Å². The molecule has 0 saturated carbocycles. The molecule has 148 valence electrons. The molecule has 0 aromatic carbocycles. The zero-order valence-corrected chi connectivity index (χ0v) is 16.8. The second-order valence-electron chi connectivity index (χ2n) is 7.16. The van der Waals surface area contributed by atoms with Gasteiger partial charge in [0.05, 0.1) is 6.04 Å². The highest BCUT2D eigenvalue weighted by atomic mass is 32.2. The molecule has 2 aliphatic rings. The summed E-state index contributed by atoms with van der Waals surface area (Å²) in [6.07, 6.45) is 1.68. The quantitative estimate of drug-likeness (QED) is 0.751. The average molecular weight is 401 g/mol. The largest absolute Gasteiger partial charge is 0.354 e. The van der Waals surface area contributed by atoms with Crippen molar-refractivity contribution in [3.05, 3.63) is 34.5 Å². The van der Waals surface area contributed by atoms with Crippen molar-refractivity contribution >= 4 is 29.3 Å². The molecule has 1 unspecified atom stereocenters. The summed E-state index contributed by atoms with van der Waals surface area (Å²) in [7, 11) is 2.10. The molecule has 9 nitrogen and oxygen atoms in total. The van der Waals surface area contributed by atoms with Crippen LogP contribution in [-0.2, 0) is 4.79 Å². The van der Waals surface area contributed by atoms with Crippen LogP contribution in [-0.4, -0.2) is 69.3 Å². The molecule has 1 saturated heterocycles. The van der Waals surface area contributed by atoms with E-state index in [4.69, 9.17) is 0 Å². The molecule has 4 rings (SSSR count). The number of rotatable bonds is 4. The van der Waals surface area contributed by atoms with E-state index in [9.17, 15) is 9.59 Å². The number of piperazine rings is 1. The normalized spacial score (nSPS) is 19.5. The van der Waals surface area contributed by atoms with Crippen molar-refractivity contribution in [3.8, 4) is 0 Å². The van der Waals surface area contributed by atoms with Crippen LogP contribution in [0.2, 0.25) is 0 Å². The predicted octanol–water partition coefficient (Wildman–Crippen LogP) is 0.769. The Balaban J connectivity index is 1.42. The number of amides is 1. The molecular formula is C18H23N7O2S. The van der Waals surface area contributed by atoms with Gasteiger partial charge in [0.25, 0.3) is 5.56 Å². The Bertz CT molecular complexity index is 940. The van der Waals surface area contributed by atoms with E-state index < -0.39 is 0 Å². The lowest BCUT2D eigenvalue weighted by Gasteiger charge is -2.33. The molecule has 0 spiro atoms. The summed E-state index contributed by atoms with van der Waals surface area (Å²) in [5.41, 5.74) is 0.593. The fourth-order valence-electron chi connectivity index (χ4n) is 3.44. The first-order valence-electron chi connectivity index (χ1n) is 9.28. The van der Waals surface area contributed by atoms with E-state index >= 15 is 0 Å². The van der Waals surface area contributed by atoms with Gasteiger partial charge in [0.15, 0.2) is 5.16 Å². The minimum Gasteiger partial charge on any atom is -0.354 e. The van der Waals surface area contributed by atoms with Gasteiger partial charge in [-0.1, -0.05) is 11.8 Å². The van der Waals surface area contributed by atoms with E-state index in [0.717, 1.165) is 32.0 Å². The first kappa shape index (κ1) is 18.9. The number of hydrogen-bond acceptors (Lipinski definition) is 8. The first-order valence-corrected chi connectivity index (χ1v) is 10.3. The van der Waals surface area contributed by atoms with E-state index in [0.29, 0.717) is 22.4 Å². The van der Waals surface area contributed by atoms with Crippen molar-refractivity contribution in [3.63, 3.8) is 0 Å². The minimum atomic E-state index is -0.195. The minimum absolute atomic E-state index is 0.107. The van der Waals surface area contributed by atoms with Crippen molar-refractivity contribution < 1.29 is 4.79 Å². The maximum absolute atomic E-state index is 12.6. The third-order valence-corrected chi connectivity index (χ3v) is 6.08. The maximum atomic E-state index is 12.6. The number of aromatic nitrogens is 4. The van der Waals surface area contributed by atoms with Crippen LogP contribution in [0.25, 0.3) is 0 Å². The predicted molar refractivity (Wildman–Crippen MR) is 108 cm³/mol. The number of hydrogen-bond donors (Lipinski definition) is 1. The highest BCUT2D eigenvalue weighted by Crippen LogP contribution is 2.32.